The number of hydrogen-bond acceptors (Lipinski definition) is 1. The van der Waals surface area contributed by atoms with Crippen LogP contribution in [0.15, 0.2) is 60.7 Å². The zero-order valence-electron chi connectivity index (χ0n) is 22.1. The summed E-state index contributed by atoms with van der Waals surface area (Å²) < 4.78 is 35.0. The van der Waals surface area contributed by atoms with Crippen LogP contribution in [0.3, 0.4) is 0 Å². The average molecular weight is 493 g/mol. The Labute approximate surface area is 216 Å². The van der Waals surface area contributed by atoms with Crippen molar-refractivity contribution in [2.24, 2.45) is 0 Å². The smallest absolute Gasteiger partial charge is 0.201 e. The summed E-state index contributed by atoms with van der Waals surface area (Å²) in [6.07, 6.45) is 14.3. The van der Waals surface area contributed by atoms with Crippen LogP contribution in [0.25, 0.3) is 22.3 Å². The first-order chi connectivity index (χ1) is 17.6. The molecule has 36 heavy (non-hydrogen) atoms. The van der Waals surface area contributed by atoms with E-state index in [-0.39, 0.29) is 11.3 Å². The van der Waals surface area contributed by atoms with Gasteiger partial charge in [0.1, 0.15) is 0 Å². The van der Waals surface area contributed by atoms with Crippen molar-refractivity contribution in [1.82, 2.24) is 0 Å². The number of ether oxygens (including phenoxy) is 1. The highest BCUT2D eigenvalue weighted by Gasteiger charge is 2.16. The summed E-state index contributed by atoms with van der Waals surface area (Å²) in [5, 5.41) is 0. The van der Waals surface area contributed by atoms with E-state index in [1.807, 2.05) is 24.3 Å². The summed E-state index contributed by atoms with van der Waals surface area (Å²) >= 11 is 0. The molecule has 3 aromatic carbocycles. The van der Waals surface area contributed by atoms with E-state index in [1.165, 1.54) is 56.9 Å². The van der Waals surface area contributed by atoms with Crippen molar-refractivity contribution in [1.29, 1.82) is 0 Å². The fraction of sp³-hybridized carbons (Fsp3) is 0.455. The molecule has 0 saturated heterocycles. The Hall–Kier alpha value is -2.68. The Morgan fingerprint density at radius 2 is 1.06 bits per heavy atom. The van der Waals surface area contributed by atoms with Gasteiger partial charge in [-0.3, -0.25) is 0 Å². The molecule has 3 aromatic rings. The lowest BCUT2D eigenvalue weighted by Crippen LogP contribution is -2.01. The molecular weight excluding hydrogens is 450 g/mol. The molecular formula is C33H42F2O. The Morgan fingerprint density at radius 3 is 1.69 bits per heavy atom. The lowest BCUT2D eigenvalue weighted by Gasteiger charge is -2.11. The minimum Gasteiger partial charge on any atom is -0.490 e. The van der Waals surface area contributed by atoms with Crippen molar-refractivity contribution in [3.8, 4) is 28.0 Å². The zero-order valence-corrected chi connectivity index (χ0v) is 22.1. The number of hydrogen-bond donors (Lipinski definition) is 0. The fourth-order valence-corrected chi connectivity index (χ4v) is 4.57. The molecule has 0 aromatic heterocycles. The predicted molar refractivity (Wildman–Crippen MR) is 149 cm³/mol. The SMILES string of the molecule is CCCCCCCCOc1ccc(-c2ccc(-c3ccc(CCCCCCC)cc3)cc2)c(F)c1F. The largest absolute Gasteiger partial charge is 0.490 e. The van der Waals surface area contributed by atoms with Gasteiger partial charge in [0.05, 0.1) is 6.61 Å². The van der Waals surface area contributed by atoms with Gasteiger partial charge in [0, 0.05) is 5.56 Å². The third kappa shape index (κ3) is 8.47. The van der Waals surface area contributed by atoms with Gasteiger partial charge in [-0.15, -0.1) is 0 Å². The predicted octanol–water partition coefficient (Wildman–Crippen LogP) is 10.6. The van der Waals surface area contributed by atoms with Crippen LogP contribution in [0.4, 0.5) is 8.78 Å². The van der Waals surface area contributed by atoms with Gasteiger partial charge < -0.3 is 4.74 Å². The molecule has 194 valence electrons. The van der Waals surface area contributed by atoms with E-state index >= 15 is 0 Å². The molecule has 0 amide bonds. The standard InChI is InChI=1S/C33H42F2O/c1-3-5-7-9-11-13-25-36-31-24-23-30(32(34)33(31)35)29-21-19-28(20-22-29)27-17-15-26(16-18-27)14-12-10-8-6-4-2/h15-24H,3-14,25H2,1-2H3. The van der Waals surface area contributed by atoms with Gasteiger partial charge in [-0.2, -0.15) is 4.39 Å². The third-order valence-corrected chi connectivity index (χ3v) is 6.85. The monoisotopic (exact) mass is 492 g/mol. The quantitative estimate of drug-likeness (QED) is 0.181. The van der Waals surface area contributed by atoms with Crippen LogP contribution < -0.4 is 4.74 Å². The molecule has 0 aliphatic carbocycles. The lowest BCUT2D eigenvalue weighted by molar-refractivity contribution is 0.285. The summed E-state index contributed by atoms with van der Waals surface area (Å²) in [7, 11) is 0. The van der Waals surface area contributed by atoms with Gasteiger partial charge in [0.15, 0.2) is 11.6 Å². The molecule has 0 atom stereocenters. The summed E-state index contributed by atoms with van der Waals surface area (Å²) in [6, 6.07) is 19.5. The summed E-state index contributed by atoms with van der Waals surface area (Å²) in [5.41, 5.74) is 4.46. The van der Waals surface area contributed by atoms with Crippen LogP contribution in [0.5, 0.6) is 5.75 Å². The maximum absolute atomic E-state index is 14.8. The Balaban J connectivity index is 1.55. The van der Waals surface area contributed by atoms with Crippen LogP contribution in [-0.4, -0.2) is 6.61 Å². The number of rotatable bonds is 16. The summed E-state index contributed by atoms with van der Waals surface area (Å²) in [6.45, 7) is 4.84. The van der Waals surface area contributed by atoms with Gasteiger partial charge >= 0.3 is 0 Å². The van der Waals surface area contributed by atoms with Gasteiger partial charge in [0.25, 0.3) is 0 Å². The van der Waals surface area contributed by atoms with Crippen LogP contribution in [0.2, 0.25) is 0 Å². The highest BCUT2D eigenvalue weighted by atomic mass is 19.2. The van der Waals surface area contributed by atoms with Crippen molar-refractivity contribution in [2.75, 3.05) is 6.61 Å². The van der Waals surface area contributed by atoms with Crippen molar-refractivity contribution in [3.05, 3.63) is 77.9 Å². The minimum atomic E-state index is -0.909. The highest BCUT2D eigenvalue weighted by molar-refractivity contribution is 5.71. The Morgan fingerprint density at radius 1 is 0.528 bits per heavy atom. The van der Waals surface area contributed by atoms with Gasteiger partial charge in [-0.05, 0) is 53.6 Å². The van der Waals surface area contributed by atoms with Crippen LogP contribution in [-0.2, 0) is 6.42 Å². The highest BCUT2D eigenvalue weighted by Crippen LogP contribution is 2.31. The number of unbranched alkanes of at least 4 members (excludes halogenated alkanes) is 9. The van der Waals surface area contributed by atoms with Crippen LogP contribution >= 0.6 is 0 Å². The molecule has 0 bridgehead atoms. The lowest BCUT2D eigenvalue weighted by atomic mass is 9.98. The van der Waals surface area contributed by atoms with Crippen molar-refractivity contribution in [3.63, 3.8) is 0 Å². The van der Waals surface area contributed by atoms with Crippen LogP contribution in [0, 0.1) is 11.6 Å². The molecule has 3 heteroatoms. The maximum atomic E-state index is 14.8. The maximum Gasteiger partial charge on any atom is 0.201 e. The van der Waals surface area contributed by atoms with E-state index in [0.29, 0.717) is 12.2 Å². The van der Waals surface area contributed by atoms with E-state index in [0.717, 1.165) is 36.8 Å². The Kier molecular flexibility index (Phi) is 12.0. The average Bonchev–Trinajstić information content (AvgIpc) is 2.91. The third-order valence-electron chi connectivity index (χ3n) is 6.85. The normalized spacial score (nSPS) is 11.1. The molecule has 0 N–H and O–H groups in total. The molecule has 0 aliphatic heterocycles. The zero-order chi connectivity index (χ0) is 25.6. The molecule has 0 fully saturated rings. The van der Waals surface area contributed by atoms with Crippen molar-refractivity contribution in [2.45, 2.75) is 90.9 Å². The molecule has 3 rings (SSSR count). The molecule has 0 saturated carbocycles. The van der Waals surface area contributed by atoms with Crippen LogP contribution in [0.1, 0.15) is 90.0 Å². The molecule has 0 unspecified atom stereocenters. The second-order valence-electron chi connectivity index (χ2n) is 9.79. The molecule has 0 aliphatic rings. The molecule has 0 heterocycles. The first-order valence-electron chi connectivity index (χ1n) is 13.9. The first kappa shape index (κ1) is 27.9. The molecule has 0 radical (unpaired) electrons. The molecule has 1 nitrogen and oxygen atoms in total. The topological polar surface area (TPSA) is 9.23 Å². The van der Waals surface area contributed by atoms with Gasteiger partial charge in [0.2, 0.25) is 5.82 Å². The summed E-state index contributed by atoms with van der Waals surface area (Å²) in [5.74, 6) is -1.77. The van der Waals surface area contributed by atoms with E-state index in [2.05, 4.69) is 38.1 Å². The first-order valence-corrected chi connectivity index (χ1v) is 13.9. The summed E-state index contributed by atoms with van der Waals surface area (Å²) in [4.78, 5) is 0. The minimum absolute atomic E-state index is 0.00752. The van der Waals surface area contributed by atoms with E-state index in [9.17, 15) is 8.78 Å². The van der Waals surface area contributed by atoms with Crippen molar-refractivity contribution >= 4 is 0 Å². The number of benzene rings is 3. The van der Waals surface area contributed by atoms with Gasteiger partial charge in [-0.25, -0.2) is 4.39 Å². The van der Waals surface area contributed by atoms with Crippen molar-refractivity contribution < 1.29 is 13.5 Å². The Bertz CT molecular complexity index is 1020. The van der Waals surface area contributed by atoms with E-state index in [4.69, 9.17) is 4.74 Å². The van der Waals surface area contributed by atoms with E-state index < -0.39 is 11.6 Å². The second-order valence-corrected chi connectivity index (χ2v) is 9.79. The van der Waals surface area contributed by atoms with E-state index in [1.54, 1.807) is 12.1 Å². The second kappa shape index (κ2) is 15.4. The number of aryl methyl sites for hydroxylation is 1. The number of halogens is 2. The fourth-order valence-electron chi connectivity index (χ4n) is 4.57. The van der Waals surface area contributed by atoms with Gasteiger partial charge in [-0.1, -0.05) is 120 Å². The molecule has 0 spiro atoms.